The second kappa shape index (κ2) is 8.76. The number of nitrogens with zero attached hydrogens (tertiary/aromatic N) is 3. The normalized spacial score (nSPS) is 10.9. The molecule has 4 aromatic rings. The summed E-state index contributed by atoms with van der Waals surface area (Å²) in [6.07, 6.45) is 3.65. The Morgan fingerprint density at radius 1 is 1.10 bits per heavy atom. The van der Waals surface area contributed by atoms with Gasteiger partial charge >= 0.3 is 0 Å². The molecule has 0 radical (unpaired) electrons. The van der Waals surface area contributed by atoms with Crippen LogP contribution in [0.25, 0.3) is 10.9 Å². The predicted molar refractivity (Wildman–Crippen MR) is 121 cm³/mol. The first kappa shape index (κ1) is 19.6. The molecular weight excluding hydrogens is 440 g/mol. The highest BCUT2D eigenvalue weighted by atomic mass is 79.9. The molecule has 0 atom stereocenters. The smallest absolute Gasteiger partial charge is 0.272 e. The average molecular weight is 457 g/mol. The Morgan fingerprint density at radius 3 is 2.73 bits per heavy atom. The maximum Gasteiger partial charge on any atom is 0.272 e. The number of aromatic nitrogens is 1. The van der Waals surface area contributed by atoms with Gasteiger partial charge in [-0.1, -0.05) is 42.5 Å². The monoisotopic (exact) mass is 456 g/mol. The van der Waals surface area contributed by atoms with Gasteiger partial charge in [-0.25, -0.2) is 5.43 Å². The lowest BCUT2D eigenvalue weighted by Crippen LogP contribution is -2.18. The molecule has 1 amide bonds. The van der Waals surface area contributed by atoms with Crippen molar-refractivity contribution in [2.24, 2.45) is 5.10 Å². The minimum atomic E-state index is -0.282. The van der Waals surface area contributed by atoms with E-state index in [0.717, 1.165) is 22.0 Å². The summed E-state index contributed by atoms with van der Waals surface area (Å²) in [4.78, 5) is 12.3. The van der Waals surface area contributed by atoms with Gasteiger partial charge in [-0.15, -0.1) is 0 Å². The van der Waals surface area contributed by atoms with Crippen molar-refractivity contribution in [1.82, 2.24) is 9.99 Å². The minimum absolute atomic E-state index is 0.282. The van der Waals surface area contributed by atoms with E-state index >= 15 is 0 Å². The van der Waals surface area contributed by atoms with Crippen LogP contribution in [0.4, 0.5) is 0 Å². The van der Waals surface area contributed by atoms with Crippen LogP contribution in [-0.2, 0) is 6.54 Å². The lowest BCUT2D eigenvalue weighted by atomic mass is 10.1. The van der Waals surface area contributed by atoms with Crippen molar-refractivity contribution in [2.45, 2.75) is 6.54 Å². The first-order chi connectivity index (χ1) is 14.7. The Morgan fingerprint density at radius 2 is 1.90 bits per heavy atom. The van der Waals surface area contributed by atoms with Crippen molar-refractivity contribution in [3.8, 4) is 6.07 Å². The number of nitrogens with one attached hydrogen (secondary N) is 1. The number of hydrogen-bond donors (Lipinski definition) is 1. The molecule has 0 aliphatic heterocycles. The molecule has 0 spiro atoms. The molecule has 0 bridgehead atoms. The third-order valence-electron chi connectivity index (χ3n) is 4.72. The lowest BCUT2D eigenvalue weighted by molar-refractivity contribution is 0.0954. The summed E-state index contributed by atoms with van der Waals surface area (Å²) in [6.45, 7) is 0.632. The van der Waals surface area contributed by atoms with E-state index in [0.29, 0.717) is 22.1 Å². The molecule has 5 nitrogen and oxygen atoms in total. The Balaban J connectivity index is 1.59. The molecule has 0 saturated carbocycles. The second-order valence-corrected chi connectivity index (χ2v) is 7.57. The number of nitriles is 1. The van der Waals surface area contributed by atoms with E-state index in [4.69, 9.17) is 5.26 Å². The molecule has 0 aliphatic rings. The molecule has 1 N–H and O–H groups in total. The van der Waals surface area contributed by atoms with Crippen molar-refractivity contribution in [1.29, 1.82) is 5.26 Å². The number of carbonyl (C=O) groups is 1. The highest BCUT2D eigenvalue weighted by Gasteiger charge is 2.09. The third-order valence-corrected chi connectivity index (χ3v) is 5.41. The fourth-order valence-corrected chi connectivity index (χ4v) is 3.78. The quantitative estimate of drug-likeness (QED) is 0.335. The van der Waals surface area contributed by atoms with Crippen LogP contribution in [0.1, 0.15) is 27.0 Å². The van der Waals surface area contributed by atoms with Gasteiger partial charge in [0, 0.05) is 33.7 Å². The molecule has 30 heavy (non-hydrogen) atoms. The van der Waals surface area contributed by atoms with E-state index < -0.39 is 0 Å². The van der Waals surface area contributed by atoms with E-state index in [2.05, 4.69) is 37.1 Å². The topological polar surface area (TPSA) is 70.2 Å². The number of amides is 1. The molecule has 3 aromatic carbocycles. The molecular formula is C24H17BrN4O. The van der Waals surface area contributed by atoms with Crippen molar-refractivity contribution in [3.05, 3.63) is 106 Å². The van der Waals surface area contributed by atoms with Crippen molar-refractivity contribution >= 4 is 39.0 Å². The van der Waals surface area contributed by atoms with Gasteiger partial charge in [0.25, 0.3) is 5.91 Å². The highest BCUT2D eigenvalue weighted by Crippen LogP contribution is 2.21. The SMILES string of the molecule is N#Cc1cccc(Cn2cc(/C=N\NC(=O)c3ccccc3Br)c3ccccc32)c1. The molecule has 0 unspecified atom stereocenters. The molecule has 146 valence electrons. The Hall–Kier alpha value is -3.69. The summed E-state index contributed by atoms with van der Waals surface area (Å²) in [5, 5.41) is 14.3. The Labute approximate surface area is 182 Å². The number of hydrazone groups is 1. The van der Waals surface area contributed by atoms with Crippen molar-refractivity contribution in [2.75, 3.05) is 0 Å². The first-order valence-corrected chi connectivity index (χ1v) is 10.1. The maximum atomic E-state index is 12.3. The largest absolute Gasteiger partial charge is 0.342 e. The molecule has 1 aromatic heterocycles. The number of fused-ring (bicyclic) bond motifs is 1. The predicted octanol–water partition coefficient (Wildman–Crippen LogP) is 5.09. The molecule has 1 heterocycles. The van der Waals surface area contributed by atoms with Gasteiger partial charge in [0.15, 0.2) is 0 Å². The van der Waals surface area contributed by atoms with Crippen LogP contribution in [0.15, 0.2) is 88.6 Å². The van der Waals surface area contributed by atoms with E-state index in [-0.39, 0.29) is 5.91 Å². The van der Waals surface area contributed by atoms with Gasteiger partial charge < -0.3 is 4.57 Å². The molecule has 0 saturated heterocycles. The zero-order valence-electron chi connectivity index (χ0n) is 15.9. The first-order valence-electron chi connectivity index (χ1n) is 9.30. The summed E-state index contributed by atoms with van der Waals surface area (Å²) < 4.78 is 2.83. The van der Waals surface area contributed by atoms with Crippen LogP contribution in [0, 0.1) is 11.3 Å². The average Bonchev–Trinajstić information content (AvgIpc) is 3.11. The summed E-state index contributed by atoms with van der Waals surface area (Å²) in [5.41, 5.74) is 6.74. The fourth-order valence-electron chi connectivity index (χ4n) is 3.31. The van der Waals surface area contributed by atoms with Crippen molar-refractivity contribution in [3.63, 3.8) is 0 Å². The van der Waals surface area contributed by atoms with Gasteiger partial charge in [-0.2, -0.15) is 10.4 Å². The van der Waals surface area contributed by atoms with Crippen LogP contribution in [0.2, 0.25) is 0 Å². The van der Waals surface area contributed by atoms with Crippen LogP contribution in [0.3, 0.4) is 0 Å². The highest BCUT2D eigenvalue weighted by molar-refractivity contribution is 9.10. The van der Waals surface area contributed by atoms with Gasteiger partial charge in [0.1, 0.15) is 0 Å². The summed E-state index contributed by atoms with van der Waals surface area (Å²) >= 11 is 3.38. The van der Waals surface area contributed by atoms with Crippen molar-refractivity contribution < 1.29 is 4.79 Å². The maximum absolute atomic E-state index is 12.3. The van der Waals surface area contributed by atoms with E-state index in [1.807, 2.05) is 60.8 Å². The fraction of sp³-hybridized carbons (Fsp3) is 0.0417. The molecule has 4 rings (SSSR count). The van der Waals surface area contributed by atoms with Crippen LogP contribution in [-0.4, -0.2) is 16.7 Å². The van der Waals surface area contributed by atoms with E-state index in [1.54, 1.807) is 24.4 Å². The zero-order chi connectivity index (χ0) is 20.9. The minimum Gasteiger partial charge on any atom is -0.342 e. The zero-order valence-corrected chi connectivity index (χ0v) is 17.5. The Bertz CT molecular complexity index is 1300. The second-order valence-electron chi connectivity index (χ2n) is 6.72. The van der Waals surface area contributed by atoms with Crippen LogP contribution < -0.4 is 5.43 Å². The number of para-hydroxylation sites is 1. The molecule has 6 heteroatoms. The van der Waals surface area contributed by atoms with E-state index in [9.17, 15) is 4.79 Å². The van der Waals surface area contributed by atoms with E-state index in [1.165, 1.54) is 0 Å². The van der Waals surface area contributed by atoms with Gasteiger partial charge in [-0.3, -0.25) is 4.79 Å². The summed E-state index contributed by atoms with van der Waals surface area (Å²) in [7, 11) is 0. The van der Waals surface area contributed by atoms with Crippen LogP contribution >= 0.6 is 15.9 Å². The van der Waals surface area contributed by atoms with Crippen LogP contribution in [0.5, 0.6) is 0 Å². The summed E-state index contributed by atoms with van der Waals surface area (Å²) in [5.74, 6) is -0.282. The number of carbonyl (C=O) groups excluding carboxylic acids is 1. The number of benzene rings is 3. The third kappa shape index (κ3) is 4.17. The van der Waals surface area contributed by atoms with Gasteiger partial charge in [0.05, 0.1) is 23.4 Å². The number of rotatable bonds is 5. The molecule has 0 fully saturated rings. The van der Waals surface area contributed by atoms with Gasteiger partial charge in [-0.05, 0) is 51.8 Å². The summed E-state index contributed by atoms with van der Waals surface area (Å²) in [6, 6.07) is 25.0. The Kier molecular flexibility index (Phi) is 5.73. The number of hydrogen-bond acceptors (Lipinski definition) is 3. The molecule has 0 aliphatic carbocycles. The lowest BCUT2D eigenvalue weighted by Gasteiger charge is -2.05. The number of halogens is 1. The van der Waals surface area contributed by atoms with Gasteiger partial charge in [0.2, 0.25) is 0 Å². The standard InChI is InChI=1S/C24H17BrN4O/c25-22-10-3-1-9-21(22)24(30)28-27-14-19-16-29(23-11-4-2-8-20(19)23)15-18-7-5-6-17(12-18)13-26/h1-12,14,16H,15H2,(H,28,30)/b27-14-.